The number of ether oxygens (including phenoxy) is 1. The highest BCUT2D eigenvalue weighted by Gasteiger charge is 2.10. The van der Waals surface area contributed by atoms with Crippen LogP contribution in [-0.4, -0.2) is 32.2 Å². The van der Waals surface area contributed by atoms with Gasteiger partial charge in [-0.05, 0) is 6.42 Å². The molecule has 1 unspecified atom stereocenters. The Labute approximate surface area is 84.2 Å². The normalized spacial score (nSPS) is 11.8. The Balaban J connectivity index is 3.50. The van der Waals surface area contributed by atoms with Gasteiger partial charge in [-0.15, -0.1) is 0 Å². The molecule has 0 heterocycles. The van der Waals surface area contributed by atoms with Crippen LogP contribution in [0.25, 0.3) is 0 Å². The van der Waals surface area contributed by atoms with Crippen molar-refractivity contribution in [2.75, 3.05) is 20.2 Å². The SMILES string of the molecule is COC(CN)CC(=O)NCCCC#N. The van der Waals surface area contributed by atoms with Gasteiger partial charge in [0.25, 0.3) is 0 Å². The average molecular weight is 199 g/mol. The van der Waals surface area contributed by atoms with Gasteiger partial charge in [-0.1, -0.05) is 0 Å². The van der Waals surface area contributed by atoms with Crippen molar-refractivity contribution in [2.24, 2.45) is 5.73 Å². The van der Waals surface area contributed by atoms with E-state index < -0.39 is 0 Å². The lowest BCUT2D eigenvalue weighted by Crippen LogP contribution is -2.32. The van der Waals surface area contributed by atoms with Crippen LogP contribution in [0.15, 0.2) is 0 Å². The van der Waals surface area contributed by atoms with Gasteiger partial charge in [0.1, 0.15) is 0 Å². The number of nitriles is 1. The Morgan fingerprint density at radius 2 is 2.43 bits per heavy atom. The molecule has 0 aromatic rings. The molecular weight excluding hydrogens is 182 g/mol. The van der Waals surface area contributed by atoms with Crippen molar-refractivity contribution >= 4 is 5.91 Å². The van der Waals surface area contributed by atoms with Gasteiger partial charge in [0.15, 0.2) is 0 Å². The fourth-order valence-electron chi connectivity index (χ4n) is 0.937. The molecule has 5 nitrogen and oxygen atoms in total. The maximum absolute atomic E-state index is 11.2. The van der Waals surface area contributed by atoms with Gasteiger partial charge in [0.2, 0.25) is 5.91 Å². The number of carbonyl (C=O) groups is 1. The second-order valence-electron chi connectivity index (χ2n) is 2.91. The maximum Gasteiger partial charge on any atom is 0.222 e. The first kappa shape index (κ1) is 12.9. The van der Waals surface area contributed by atoms with Gasteiger partial charge in [-0.3, -0.25) is 4.79 Å². The van der Waals surface area contributed by atoms with Gasteiger partial charge in [-0.2, -0.15) is 5.26 Å². The highest BCUT2D eigenvalue weighted by Crippen LogP contribution is 1.94. The van der Waals surface area contributed by atoms with Crippen molar-refractivity contribution in [1.29, 1.82) is 5.26 Å². The third-order valence-electron chi connectivity index (χ3n) is 1.80. The number of methoxy groups -OCH3 is 1. The lowest BCUT2D eigenvalue weighted by atomic mass is 10.2. The predicted octanol–water partition coefficient (Wildman–Crippen LogP) is -0.230. The van der Waals surface area contributed by atoms with E-state index in [1.54, 1.807) is 0 Å². The van der Waals surface area contributed by atoms with Crippen LogP contribution >= 0.6 is 0 Å². The Bertz CT molecular complexity index is 197. The number of unbranched alkanes of at least 4 members (excludes halogenated alkanes) is 1. The van der Waals surface area contributed by atoms with Crippen LogP contribution < -0.4 is 11.1 Å². The van der Waals surface area contributed by atoms with Gasteiger partial charge in [-0.25, -0.2) is 0 Å². The molecule has 3 N–H and O–H groups in total. The largest absolute Gasteiger partial charge is 0.380 e. The highest BCUT2D eigenvalue weighted by molar-refractivity contribution is 5.76. The third kappa shape index (κ3) is 6.40. The van der Waals surface area contributed by atoms with E-state index in [0.29, 0.717) is 25.9 Å². The lowest BCUT2D eigenvalue weighted by molar-refractivity contribution is -0.123. The molecule has 0 aromatic heterocycles. The number of nitrogens with one attached hydrogen (secondary N) is 1. The highest BCUT2D eigenvalue weighted by atomic mass is 16.5. The molecular formula is C9H17N3O2. The average Bonchev–Trinajstić information content (AvgIpc) is 2.21. The Morgan fingerprint density at radius 3 is 2.93 bits per heavy atom. The summed E-state index contributed by atoms with van der Waals surface area (Å²) in [7, 11) is 1.53. The summed E-state index contributed by atoms with van der Waals surface area (Å²) in [4.78, 5) is 11.2. The van der Waals surface area contributed by atoms with Crippen LogP contribution in [0, 0.1) is 11.3 Å². The van der Waals surface area contributed by atoms with Gasteiger partial charge >= 0.3 is 0 Å². The van der Waals surface area contributed by atoms with Crippen molar-refractivity contribution in [3.05, 3.63) is 0 Å². The van der Waals surface area contributed by atoms with Crippen LogP contribution in [-0.2, 0) is 9.53 Å². The lowest BCUT2D eigenvalue weighted by Gasteiger charge is -2.12. The van der Waals surface area contributed by atoms with E-state index in [1.165, 1.54) is 7.11 Å². The van der Waals surface area contributed by atoms with E-state index in [-0.39, 0.29) is 18.4 Å². The number of rotatable bonds is 7. The molecule has 0 aliphatic heterocycles. The van der Waals surface area contributed by atoms with Crippen molar-refractivity contribution in [3.8, 4) is 6.07 Å². The van der Waals surface area contributed by atoms with Crippen molar-refractivity contribution in [1.82, 2.24) is 5.32 Å². The Morgan fingerprint density at radius 1 is 1.71 bits per heavy atom. The summed E-state index contributed by atoms with van der Waals surface area (Å²) in [5.74, 6) is -0.0831. The second-order valence-corrected chi connectivity index (χ2v) is 2.91. The first-order valence-corrected chi connectivity index (χ1v) is 4.61. The smallest absolute Gasteiger partial charge is 0.222 e. The molecule has 0 saturated heterocycles. The molecule has 0 fully saturated rings. The van der Waals surface area contributed by atoms with Crippen LogP contribution in [0.1, 0.15) is 19.3 Å². The maximum atomic E-state index is 11.2. The molecule has 80 valence electrons. The monoisotopic (exact) mass is 199 g/mol. The van der Waals surface area contributed by atoms with Gasteiger partial charge < -0.3 is 15.8 Å². The van der Waals surface area contributed by atoms with Crippen molar-refractivity contribution in [3.63, 3.8) is 0 Å². The summed E-state index contributed by atoms with van der Waals surface area (Å²) in [5.41, 5.74) is 5.36. The Kier molecular flexibility index (Phi) is 7.80. The molecule has 14 heavy (non-hydrogen) atoms. The molecule has 1 atom stereocenters. The summed E-state index contributed by atoms with van der Waals surface area (Å²) < 4.78 is 4.96. The van der Waals surface area contributed by atoms with E-state index in [0.717, 1.165) is 0 Å². The van der Waals surface area contributed by atoms with Crippen LogP contribution in [0.2, 0.25) is 0 Å². The topological polar surface area (TPSA) is 88.1 Å². The van der Waals surface area contributed by atoms with Crippen molar-refractivity contribution < 1.29 is 9.53 Å². The summed E-state index contributed by atoms with van der Waals surface area (Å²) >= 11 is 0. The molecule has 0 spiro atoms. The standard InChI is InChI=1S/C9H17N3O2/c1-14-8(7-11)6-9(13)12-5-3-2-4-10/h8H,2-3,5-7,11H2,1H3,(H,12,13). The zero-order valence-corrected chi connectivity index (χ0v) is 8.45. The molecule has 1 amide bonds. The molecule has 0 bridgehead atoms. The quantitative estimate of drug-likeness (QED) is 0.554. The summed E-state index contributed by atoms with van der Waals surface area (Å²) in [5, 5.41) is 10.9. The van der Waals surface area contributed by atoms with E-state index in [9.17, 15) is 4.79 Å². The van der Waals surface area contributed by atoms with E-state index in [2.05, 4.69) is 5.32 Å². The minimum absolute atomic E-state index is 0.0831. The summed E-state index contributed by atoms with van der Waals surface area (Å²) in [6.45, 7) is 0.871. The minimum Gasteiger partial charge on any atom is -0.380 e. The molecule has 0 aromatic carbocycles. The summed E-state index contributed by atoms with van der Waals surface area (Å²) in [6.07, 6.45) is 1.21. The van der Waals surface area contributed by atoms with E-state index in [1.807, 2.05) is 6.07 Å². The predicted molar refractivity (Wildman–Crippen MR) is 52.3 cm³/mol. The minimum atomic E-state index is -0.217. The molecule has 5 heteroatoms. The van der Waals surface area contributed by atoms with Crippen molar-refractivity contribution in [2.45, 2.75) is 25.4 Å². The molecule has 0 rings (SSSR count). The number of nitrogens with zero attached hydrogens (tertiary/aromatic N) is 1. The number of hydrogen-bond acceptors (Lipinski definition) is 4. The number of nitrogens with two attached hydrogens (primary N) is 1. The zero-order chi connectivity index (χ0) is 10.8. The third-order valence-corrected chi connectivity index (χ3v) is 1.80. The summed E-state index contributed by atoms with van der Waals surface area (Å²) in [6, 6.07) is 2.01. The Hall–Kier alpha value is -1.12. The fourth-order valence-corrected chi connectivity index (χ4v) is 0.937. The van der Waals surface area contributed by atoms with Crippen LogP contribution in [0.4, 0.5) is 0 Å². The first-order chi connectivity index (χ1) is 6.74. The molecule has 0 radical (unpaired) electrons. The molecule has 0 aliphatic carbocycles. The number of carbonyl (C=O) groups excluding carboxylic acids is 1. The fraction of sp³-hybridized carbons (Fsp3) is 0.778. The number of amides is 1. The van der Waals surface area contributed by atoms with Gasteiger partial charge in [0.05, 0.1) is 18.6 Å². The van der Waals surface area contributed by atoms with E-state index >= 15 is 0 Å². The first-order valence-electron chi connectivity index (χ1n) is 4.61. The second kappa shape index (κ2) is 8.48. The van der Waals surface area contributed by atoms with Crippen LogP contribution in [0.5, 0.6) is 0 Å². The van der Waals surface area contributed by atoms with Gasteiger partial charge in [0, 0.05) is 26.6 Å². The number of hydrogen-bond donors (Lipinski definition) is 2. The van der Waals surface area contributed by atoms with Crippen LogP contribution in [0.3, 0.4) is 0 Å². The molecule has 0 aliphatic rings. The molecule has 0 saturated carbocycles. The zero-order valence-electron chi connectivity index (χ0n) is 8.45. The van der Waals surface area contributed by atoms with E-state index in [4.69, 9.17) is 15.7 Å².